The number of halogens is 2. The minimum Gasteiger partial charge on any atom is -0.0875 e. The average molecular weight is 491 g/mol. The zero-order chi connectivity index (χ0) is 13.1. The van der Waals surface area contributed by atoms with Crippen LogP contribution in [0.1, 0.15) is 51.4 Å². The summed E-state index contributed by atoms with van der Waals surface area (Å²) in [5.74, 6) is 0. The molecule has 0 aromatic heterocycles. The van der Waals surface area contributed by atoms with Gasteiger partial charge in [0.25, 0.3) is 0 Å². The van der Waals surface area contributed by atoms with Crippen LogP contribution in [0.25, 0.3) is 0 Å². The van der Waals surface area contributed by atoms with E-state index in [0.717, 1.165) is 24.3 Å². The van der Waals surface area contributed by atoms with Crippen molar-refractivity contribution >= 4 is 23.2 Å². The molecule has 0 spiro atoms. The van der Waals surface area contributed by atoms with Crippen LogP contribution < -0.4 is 0 Å². The van der Waals surface area contributed by atoms with Crippen molar-refractivity contribution in [2.75, 3.05) is 0 Å². The molecule has 0 nitrogen and oxygen atoms in total. The summed E-state index contributed by atoms with van der Waals surface area (Å²) in [5.41, 5.74) is 0. The Bertz CT molecular complexity index is 330. The molecule has 0 aromatic rings. The molecule has 2 aliphatic rings. The molecule has 20 heavy (non-hydrogen) atoms. The first-order chi connectivity index (χ1) is 8.80. The maximum absolute atomic E-state index is 5.84. The van der Waals surface area contributed by atoms with Gasteiger partial charge in [-0.3, -0.25) is 0 Å². The van der Waals surface area contributed by atoms with Gasteiger partial charge in [-0.2, -0.15) is 0 Å². The third kappa shape index (κ3) is 12.5. The Labute approximate surface area is 159 Å². The second-order valence-corrected chi connectivity index (χ2v) is 5.41. The fourth-order valence-corrected chi connectivity index (χ4v) is 2.19. The van der Waals surface area contributed by atoms with E-state index in [4.69, 9.17) is 23.2 Å². The van der Waals surface area contributed by atoms with Gasteiger partial charge in [-0.05, 0) is 57.4 Å². The second-order valence-electron chi connectivity index (χ2n) is 4.54. The summed E-state index contributed by atoms with van der Waals surface area (Å²) in [4.78, 5) is 0. The molecule has 2 radical (unpaired) electrons. The molecule has 0 aromatic carbocycles. The van der Waals surface area contributed by atoms with Crippen molar-refractivity contribution in [1.29, 1.82) is 0 Å². The summed E-state index contributed by atoms with van der Waals surface area (Å²) in [6, 6.07) is 0. The van der Waals surface area contributed by atoms with Gasteiger partial charge in [0.05, 0.1) is 5.03 Å². The average Bonchev–Trinajstić information content (AvgIpc) is 2.31. The molecule has 2 rings (SSSR count). The molecular formula is C16H22Cl2Rh2. The van der Waals surface area contributed by atoms with Gasteiger partial charge in [-0.1, -0.05) is 53.6 Å². The summed E-state index contributed by atoms with van der Waals surface area (Å²) < 4.78 is 0. The Hall–Kier alpha value is 0.787. The standard InChI is InChI=1S/C8H10Cl2.C8H12.2Rh/c9-7-5-3-1-2-4-6-8(7)10;1-2-4-6-8-7-5-3-1;;/h3,5H,1-2,4,6H2;1-4H,5-8H2;;/b5-3-,8-7-;3-1-,4-2-;;. The van der Waals surface area contributed by atoms with Crippen LogP contribution in [0.2, 0.25) is 0 Å². The smallest absolute Gasteiger partial charge is 0.0547 e. The van der Waals surface area contributed by atoms with Crippen LogP contribution in [-0.2, 0) is 39.0 Å². The van der Waals surface area contributed by atoms with Crippen LogP contribution in [0.3, 0.4) is 0 Å². The largest absolute Gasteiger partial charge is 0.0875 e. The van der Waals surface area contributed by atoms with Crippen LogP contribution in [0.5, 0.6) is 0 Å². The molecule has 0 atom stereocenters. The van der Waals surface area contributed by atoms with E-state index in [1.807, 2.05) is 6.08 Å². The number of hydrogen-bond donors (Lipinski definition) is 0. The molecule has 0 amide bonds. The maximum atomic E-state index is 5.84. The van der Waals surface area contributed by atoms with E-state index in [0.29, 0.717) is 5.03 Å². The minimum absolute atomic E-state index is 0. The molecule has 0 N–H and O–H groups in total. The van der Waals surface area contributed by atoms with Gasteiger partial charge >= 0.3 is 0 Å². The summed E-state index contributed by atoms with van der Waals surface area (Å²) in [5, 5.41) is 1.51. The van der Waals surface area contributed by atoms with E-state index < -0.39 is 0 Å². The van der Waals surface area contributed by atoms with E-state index in [1.165, 1.54) is 32.1 Å². The minimum atomic E-state index is 0. The Morgan fingerprint density at radius 3 is 1.80 bits per heavy atom. The van der Waals surface area contributed by atoms with E-state index in [2.05, 4.69) is 30.4 Å². The number of hydrogen-bond acceptors (Lipinski definition) is 0. The fourth-order valence-electron chi connectivity index (χ4n) is 1.81. The van der Waals surface area contributed by atoms with Gasteiger partial charge in [0.1, 0.15) is 0 Å². The molecule has 0 bridgehead atoms. The number of allylic oxidation sites excluding steroid dienone is 8. The first-order valence-corrected chi connectivity index (χ1v) is 7.58. The molecule has 0 unspecified atom stereocenters. The van der Waals surface area contributed by atoms with Crippen molar-refractivity contribution in [3.05, 3.63) is 46.5 Å². The zero-order valence-corrected chi connectivity index (χ0v) is 16.3. The normalized spacial score (nSPS) is 26.7. The van der Waals surface area contributed by atoms with Gasteiger partial charge in [0.15, 0.2) is 0 Å². The van der Waals surface area contributed by atoms with Crippen LogP contribution >= 0.6 is 23.2 Å². The van der Waals surface area contributed by atoms with Crippen LogP contribution in [0.4, 0.5) is 0 Å². The molecule has 0 aliphatic heterocycles. The third-order valence-electron chi connectivity index (χ3n) is 2.92. The van der Waals surface area contributed by atoms with E-state index >= 15 is 0 Å². The summed E-state index contributed by atoms with van der Waals surface area (Å²) >= 11 is 11.6. The van der Waals surface area contributed by atoms with Gasteiger partial charge in [0, 0.05) is 44.0 Å². The van der Waals surface area contributed by atoms with Crippen molar-refractivity contribution in [3.8, 4) is 0 Å². The Morgan fingerprint density at radius 1 is 0.700 bits per heavy atom. The fraction of sp³-hybridized carbons (Fsp3) is 0.500. The predicted octanol–water partition coefficient (Wildman–Crippen LogP) is 6.47. The topological polar surface area (TPSA) is 0 Å². The Morgan fingerprint density at radius 2 is 1.20 bits per heavy atom. The van der Waals surface area contributed by atoms with Crippen molar-refractivity contribution in [2.45, 2.75) is 51.4 Å². The van der Waals surface area contributed by atoms with Gasteiger partial charge in [-0.25, -0.2) is 0 Å². The van der Waals surface area contributed by atoms with Crippen LogP contribution in [0, 0.1) is 0 Å². The number of rotatable bonds is 0. The molecule has 0 fully saturated rings. The molecule has 0 saturated carbocycles. The predicted molar refractivity (Wildman–Crippen MR) is 83.1 cm³/mol. The molecule has 2 aliphatic carbocycles. The third-order valence-corrected chi connectivity index (χ3v) is 3.76. The van der Waals surface area contributed by atoms with Crippen molar-refractivity contribution in [3.63, 3.8) is 0 Å². The SMILES string of the molecule is C1=C\CCCC\C=C/1.ClC1=C(\Cl)CCCC/C=C\1.[Rh].[Rh]. The van der Waals surface area contributed by atoms with Crippen molar-refractivity contribution < 1.29 is 39.0 Å². The Balaban J connectivity index is 0. The summed E-state index contributed by atoms with van der Waals surface area (Å²) in [6.07, 6.45) is 22.4. The summed E-state index contributed by atoms with van der Waals surface area (Å²) in [6.45, 7) is 0. The van der Waals surface area contributed by atoms with Crippen molar-refractivity contribution in [1.82, 2.24) is 0 Å². The molecule has 0 heterocycles. The van der Waals surface area contributed by atoms with E-state index in [9.17, 15) is 0 Å². The molecule has 118 valence electrons. The van der Waals surface area contributed by atoms with Gasteiger partial charge in [-0.15, -0.1) is 0 Å². The molecule has 0 saturated heterocycles. The van der Waals surface area contributed by atoms with E-state index in [1.54, 1.807) is 0 Å². The summed E-state index contributed by atoms with van der Waals surface area (Å²) in [7, 11) is 0. The first kappa shape index (κ1) is 23.1. The zero-order valence-electron chi connectivity index (χ0n) is 11.5. The van der Waals surface area contributed by atoms with Crippen molar-refractivity contribution in [2.24, 2.45) is 0 Å². The quantitative estimate of drug-likeness (QED) is 0.341. The second kappa shape index (κ2) is 16.2. The van der Waals surface area contributed by atoms with E-state index in [-0.39, 0.29) is 39.0 Å². The van der Waals surface area contributed by atoms with Gasteiger partial charge in [0.2, 0.25) is 0 Å². The van der Waals surface area contributed by atoms with Crippen LogP contribution in [0.15, 0.2) is 46.5 Å². The Kier molecular flexibility index (Phi) is 18.6. The maximum Gasteiger partial charge on any atom is 0.0547 e. The molecular weight excluding hydrogens is 469 g/mol. The molecule has 4 heteroatoms. The van der Waals surface area contributed by atoms with Gasteiger partial charge < -0.3 is 0 Å². The monoisotopic (exact) mass is 490 g/mol. The first-order valence-electron chi connectivity index (χ1n) is 6.83. The van der Waals surface area contributed by atoms with Crippen LogP contribution in [-0.4, -0.2) is 0 Å².